The van der Waals surface area contributed by atoms with E-state index in [4.69, 9.17) is 5.73 Å². The Hall–Kier alpha value is -2.18. The number of amidine groups is 1. The van der Waals surface area contributed by atoms with Crippen LogP contribution in [0.25, 0.3) is 0 Å². The molecule has 7 heteroatoms. The second-order valence-corrected chi connectivity index (χ2v) is 5.27. The SMILES string of the molecule is NC1=NC(=O)N(CC2CC2)C1c1ccc(OC(F)F)cc1. The zero-order valence-corrected chi connectivity index (χ0v) is 11.2. The Morgan fingerprint density at radius 3 is 2.57 bits per heavy atom. The molecule has 1 aliphatic heterocycles. The van der Waals surface area contributed by atoms with Crippen LogP contribution in [0, 0.1) is 5.92 Å². The molecule has 0 bridgehead atoms. The van der Waals surface area contributed by atoms with Gasteiger partial charge < -0.3 is 15.4 Å². The van der Waals surface area contributed by atoms with Gasteiger partial charge in [0.25, 0.3) is 0 Å². The minimum Gasteiger partial charge on any atom is -0.435 e. The number of amides is 2. The van der Waals surface area contributed by atoms with Crippen LogP contribution in [0.5, 0.6) is 5.75 Å². The highest BCUT2D eigenvalue weighted by molar-refractivity contribution is 6.03. The Kier molecular flexibility index (Phi) is 3.48. The van der Waals surface area contributed by atoms with Gasteiger partial charge in [-0.05, 0) is 36.5 Å². The van der Waals surface area contributed by atoms with Gasteiger partial charge in [-0.2, -0.15) is 13.8 Å². The van der Waals surface area contributed by atoms with E-state index in [9.17, 15) is 13.6 Å². The Labute approximate surface area is 120 Å². The second-order valence-electron chi connectivity index (χ2n) is 5.27. The summed E-state index contributed by atoms with van der Waals surface area (Å²) in [6, 6.07) is 5.38. The highest BCUT2D eigenvalue weighted by Gasteiger charge is 2.38. The number of carbonyl (C=O) groups is 1. The highest BCUT2D eigenvalue weighted by Crippen LogP contribution is 2.35. The van der Waals surface area contributed by atoms with Gasteiger partial charge in [-0.15, -0.1) is 0 Å². The van der Waals surface area contributed by atoms with Gasteiger partial charge in [0.1, 0.15) is 17.6 Å². The maximum Gasteiger partial charge on any atom is 0.387 e. The van der Waals surface area contributed by atoms with Crippen LogP contribution in [0.1, 0.15) is 24.4 Å². The van der Waals surface area contributed by atoms with E-state index in [-0.39, 0.29) is 17.6 Å². The summed E-state index contributed by atoms with van der Waals surface area (Å²) in [6.45, 7) is -2.23. The minimum absolute atomic E-state index is 0.0716. The van der Waals surface area contributed by atoms with E-state index >= 15 is 0 Å². The van der Waals surface area contributed by atoms with Crippen LogP contribution in [0.2, 0.25) is 0 Å². The number of hydrogen-bond acceptors (Lipinski definition) is 3. The van der Waals surface area contributed by atoms with Crippen molar-refractivity contribution in [3.05, 3.63) is 29.8 Å². The molecule has 1 fully saturated rings. The van der Waals surface area contributed by atoms with Gasteiger partial charge in [-0.25, -0.2) is 4.79 Å². The van der Waals surface area contributed by atoms with Crippen LogP contribution >= 0.6 is 0 Å². The fourth-order valence-electron chi connectivity index (χ4n) is 2.45. The number of rotatable bonds is 5. The van der Waals surface area contributed by atoms with E-state index in [1.165, 1.54) is 12.1 Å². The average molecular weight is 295 g/mol. The Morgan fingerprint density at radius 1 is 1.33 bits per heavy atom. The second kappa shape index (κ2) is 5.31. The van der Waals surface area contributed by atoms with Gasteiger partial charge >= 0.3 is 12.6 Å². The van der Waals surface area contributed by atoms with Gasteiger partial charge in [0.05, 0.1) is 0 Å². The number of nitrogens with zero attached hydrogens (tertiary/aromatic N) is 2. The number of benzene rings is 1. The molecule has 0 saturated heterocycles. The van der Waals surface area contributed by atoms with Crippen molar-refractivity contribution >= 4 is 11.9 Å². The summed E-state index contributed by atoms with van der Waals surface area (Å²) < 4.78 is 28.6. The van der Waals surface area contributed by atoms with Crippen LogP contribution in [0.3, 0.4) is 0 Å². The molecule has 21 heavy (non-hydrogen) atoms. The van der Waals surface area contributed by atoms with Crippen molar-refractivity contribution in [1.29, 1.82) is 0 Å². The predicted molar refractivity (Wildman–Crippen MR) is 72.3 cm³/mol. The van der Waals surface area contributed by atoms with Crippen molar-refractivity contribution < 1.29 is 18.3 Å². The van der Waals surface area contributed by atoms with Crippen LogP contribution in [-0.4, -0.2) is 29.9 Å². The van der Waals surface area contributed by atoms with Crippen LogP contribution in [-0.2, 0) is 0 Å². The fourth-order valence-corrected chi connectivity index (χ4v) is 2.45. The smallest absolute Gasteiger partial charge is 0.387 e. The van der Waals surface area contributed by atoms with E-state index in [0.29, 0.717) is 12.5 Å². The Bertz CT molecular complexity index is 570. The third-order valence-electron chi connectivity index (χ3n) is 3.64. The molecule has 2 aliphatic rings. The van der Waals surface area contributed by atoms with Crippen molar-refractivity contribution in [1.82, 2.24) is 4.90 Å². The van der Waals surface area contributed by atoms with E-state index in [2.05, 4.69) is 9.73 Å². The number of hydrogen-bond donors (Lipinski definition) is 1. The zero-order valence-electron chi connectivity index (χ0n) is 11.2. The molecule has 0 spiro atoms. The fraction of sp³-hybridized carbons (Fsp3) is 0.429. The summed E-state index contributed by atoms with van der Waals surface area (Å²) in [5, 5.41) is 0. The number of carbonyl (C=O) groups excluding carboxylic acids is 1. The monoisotopic (exact) mass is 295 g/mol. The first kappa shape index (κ1) is 13.8. The molecule has 3 rings (SSSR count). The highest BCUT2D eigenvalue weighted by atomic mass is 19.3. The van der Waals surface area contributed by atoms with Crippen molar-refractivity contribution in [3.8, 4) is 5.75 Å². The molecule has 1 heterocycles. The summed E-state index contributed by atoms with van der Waals surface area (Å²) >= 11 is 0. The van der Waals surface area contributed by atoms with E-state index in [1.807, 2.05) is 0 Å². The Balaban J connectivity index is 1.79. The van der Waals surface area contributed by atoms with Gasteiger partial charge in [-0.3, -0.25) is 0 Å². The molecule has 5 nitrogen and oxygen atoms in total. The quantitative estimate of drug-likeness (QED) is 0.907. The molecule has 1 aliphatic carbocycles. The zero-order chi connectivity index (χ0) is 15.0. The predicted octanol–water partition coefficient (Wildman–Crippen LogP) is 2.53. The van der Waals surface area contributed by atoms with Crippen LogP contribution in [0.4, 0.5) is 13.6 Å². The van der Waals surface area contributed by atoms with E-state index in [1.54, 1.807) is 17.0 Å². The standard InChI is InChI=1S/C14H15F2N3O2/c15-13(16)21-10-5-3-9(4-6-10)11-12(17)18-14(20)19(11)7-8-1-2-8/h3-6,8,11,13H,1-2,7H2,(H2,17,18,20). The van der Waals surface area contributed by atoms with E-state index < -0.39 is 12.7 Å². The van der Waals surface area contributed by atoms with Gasteiger partial charge in [-0.1, -0.05) is 12.1 Å². The summed E-state index contributed by atoms with van der Waals surface area (Å²) in [4.78, 5) is 17.3. The summed E-state index contributed by atoms with van der Waals surface area (Å²) in [6.07, 6.45) is 2.22. The Morgan fingerprint density at radius 2 is 2.00 bits per heavy atom. The minimum atomic E-state index is -2.86. The van der Waals surface area contributed by atoms with Crippen LogP contribution < -0.4 is 10.5 Å². The molecule has 1 saturated carbocycles. The normalized spacial score (nSPS) is 21.9. The van der Waals surface area contributed by atoms with Gasteiger partial charge in [0.2, 0.25) is 0 Å². The molecule has 1 atom stereocenters. The van der Waals surface area contributed by atoms with Crippen molar-refractivity contribution in [2.24, 2.45) is 16.6 Å². The lowest BCUT2D eigenvalue weighted by molar-refractivity contribution is -0.0498. The van der Waals surface area contributed by atoms with Crippen molar-refractivity contribution in [2.75, 3.05) is 6.54 Å². The molecule has 1 unspecified atom stereocenters. The maximum absolute atomic E-state index is 12.1. The van der Waals surface area contributed by atoms with E-state index in [0.717, 1.165) is 18.4 Å². The number of nitrogens with two attached hydrogens (primary N) is 1. The number of halogens is 2. The third kappa shape index (κ3) is 2.96. The first-order chi connectivity index (χ1) is 10.0. The molecular weight excluding hydrogens is 280 g/mol. The van der Waals surface area contributed by atoms with Gasteiger partial charge in [0.15, 0.2) is 0 Å². The largest absolute Gasteiger partial charge is 0.435 e. The third-order valence-corrected chi connectivity index (χ3v) is 3.64. The molecular formula is C14H15F2N3O2. The number of ether oxygens (including phenoxy) is 1. The lowest BCUT2D eigenvalue weighted by atomic mass is 10.0. The lowest BCUT2D eigenvalue weighted by Gasteiger charge is -2.24. The van der Waals surface area contributed by atoms with Crippen molar-refractivity contribution in [2.45, 2.75) is 25.5 Å². The summed E-state index contributed by atoms with van der Waals surface area (Å²) in [7, 11) is 0. The molecule has 0 radical (unpaired) electrons. The number of urea groups is 1. The molecule has 112 valence electrons. The summed E-state index contributed by atoms with van der Waals surface area (Å²) in [5.74, 6) is 0.824. The molecule has 1 aromatic rings. The molecule has 2 amide bonds. The topological polar surface area (TPSA) is 67.9 Å². The first-order valence-electron chi connectivity index (χ1n) is 6.74. The average Bonchev–Trinajstić information content (AvgIpc) is 3.18. The lowest BCUT2D eigenvalue weighted by Crippen LogP contribution is -2.34. The van der Waals surface area contributed by atoms with Crippen molar-refractivity contribution in [3.63, 3.8) is 0 Å². The number of aliphatic imine (C=N–C) groups is 1. The summed E-state index contributed by atoms with van der Waals surface area (Å²) in [5.41, 5.74) is 6.58. The first-order valence-corrected chi connectivity index (χ1v) is 6.74. The van der Waals surface area contributed by atoms with Crippen LogP contribution in [0.15, 0.2) is 29.3 Å². The molecule has 2 N–H and O–H groups in total. The van der Waals surface area contributed by atoms with Gasteiger partial charge in [0, 0.05) is 6.54 Å². The maximum atomic E-state index is 12.1. The molecule has 1 aromatic carbocycles. The molecule has 0 aromatic heterocycles. The number of alkyl halides is 2.